The number of aryl methyl sites for hydroxylation is 1. The molecule has 3 rings (SSSR count). The Morgan fingerprint density at radius 2 is 1.24 bits per heavy atom. The van der Waals surface area contributed by atoms with Crippen LogP contribution < -0.4 is 0 Å². The Morgan fingerprint density at radius 3 is 1.86 bits per heavy atom. The second-order valence-electron chi connectivity index (χ2n) is 8.35. The van der Waals surface area contributed by atoms with Crippen molar-refractivity contribution in [1.82, 2.24) is 0 Å². The van der Waals surface area contributed by atoms with Gasteiger partial charge >= 0.3 is 0 Å². The standard InChI is InChI=1S/C28H36O/c1-2-3-4-5-6-7-8-10-15-24-20-22-27(23-21-24)28(29,26-18-13-14-19-26)25-16-11-9-12-17-25/h9,11-14,16-23,26,29H,2-8,10,15H2,1H3. The second-order valence-corrected chi connectivity index (χ2v) is 8.35. The fourth-order valence-electron chi connectivity index (χ4n) is 4.34. The van der Waals surface area contributed by atoms with Crippen LogP contribution in [0.3, 0.4) is 0 Å². The topological polar surface area (TPSA) is 20.2 Å². The minimum atomic E-state index is -1.03. The number of aliphatic hydroxyl groups is 1. The summed E-state index contributed by atoms with van der Waals surface area (Å²) in [5.41, 5.74) is 2.25. The van der Waals surface area contributed by atoms with Crippen LogP contribution in [0, 0.1) is 5.92 Å². The summed E-state index contributed by atoms with van der Waals surface area (Å²) in [7, 11) is 0. The van der Waals surface area contributed by atoms with Gasteiger partial charge in [-0.3, -0.25) is 0 Å². The first-order chi connectivity index (χ1) is 14.2. The Kier molecular flexibility index (Phi) is 8.31. The second kappa shape index (κ2) is 11.2. The largest absolute Gasteiger partial charge is 0.379 e. The lowest BCUT2D eigenvalue weighted by Gasteiger charge is -2.33. The lowest BCUT2D eigenvalue weighted by atomic mass is 9.76. The van der Waals surface area contributed by atoms with E-state index in [0.29, 0.717) is 0 Å². The van der Waals surface area contributed by atoms with E-state index in [1.807, 2.05) is 42.5 Å². The molecule has 1 aliphatic rings. The van der Waals surface area contributed by atoms with Crippen LogP contribution in [0.15, 0.2) is 78.9 Å². The summed E-state index contributed by atoms with van der Waals surface area (Å²) >= 11 is 0. The molecule has 0 spiro atoms. The summed E-state index contributed by atoms with van der Waals surface area (Å²) in [6, 6.07) is 18.7. The third-order valence-electron chi connectivity index (χ3n) is 6.16. The molecule has 1 nitrogen and oxygen atoms in total. The van der Waals surface area contributed by atoms with E-state index in [1.165, 1.54) is 56.9 Å². The van der Waals surface area contributed by atoms with Crippen LogP contribution in [-0.4, -0.2) is 5.11 Å². The molecular formula is C28H36O. The molecule has 1 N–H and O–H groups in total. The molecule has 0 heterocycles. The first-order valence-corrected chi connectivity index (χ1v) is 11.5. The molecule has 1 unspecified atom stereocenters. The van der Waals surface area contributed by atoms with Crippen molar-refractivity contribution in [2.24, 2.45) is 5.92 Å². The van der Waals surface area contributed by atoms with Crippen LogP contribution >= 0.6 is 0 Å². The summed E-state index contributed by atoms with van der Waals surface area (Å²) in [4.78, 5) is 0. The van der Waals surface area contributed by atoms with Crippen molar-refractivity contribution in [1.29, 1.82) is 0 Å². The number of rotatable bonds is 12. The summed E-state index contributed by atoms with van der Waals surface area (Å²) < 4.78 is 0. The maximum Gasteiger partial charge on any atom is 0.124 e. The highest BCUT2D eigenvalue weighted by Gasteiger charge is 2.38. The molecule has 1 atom stereocenters. The van der Waals surface area contributed by atoms with Gasteiger partial charge in [-0.05, 0) is 29.5 Å². The quantitative estimate of drug-likeness (QED) is 0.377. The fraction of sp³-hybridized carbons (Fsp3) is 0.429. The van der Waals surface area contributed by atoms with E-state index >= 15 is 0 Å². The molecule has 154 valence electrons. The number of unbranched alkanes of at least 4 members (excludes halogenated alkanes) is 7. The predicted molar refractivity (Wildman–Crippen MR) is 124 cm³/mol. The molecule has 0 saturated heterocycles. The van der Waals surface area contributed by atoms with Gasteiger partial charge in [-0.25, -0.2) is 0 Å². The molecule has 0 amide bonds. The van der Waals surface area contributed by atoms with E-state index in [9.17, 15) is 5.11 Å². The average Bonchev–Trinajstić information content (AvgIpc) is 3.32. The molecule has 0 fully saturated rings. The third-order valence-corrected chi connectivity index (χ3v) is 6.16. The van der Waals surface area contributed by atoms with Gasteiger partial charge in [0.1, 0.15) is 5.60 Å². The number of allylic oxidation sites excluding steroid dienone is 2. The van der Waals surface area contributed by atoms with Crippen LogP contribution in [0.4, 0.5) is 0 Å². The molecule has 1 heteroatoms. The Morgan fingerprint density at radius 1 is 0.690 bits per heavy atom. The van der Waals surface area contributed by atoms with Gasteiger partial charge in [-0.2, -0.15) is 0 Å². The van der Waals surface area contributed by atoms with Crippen molar-refractivity contribution in [2.75, 3.05) is 0 Å². The zero-order valence-electron chi connectivity index (χ0n) is 17.9. The fourth-order valence-corrected chi connectivity index (χ4v) is 4.34. The van der Waals surface area contributed by atoms with Gasteiger partial charge in [0.15, 0.2) is 0 Å². The highest BCUT2D eigenvalue weighted by Crippen LogP contribution is 2.40. The maximum absolute atomic E-state index is 11.8. The summed E-state index contributed by atoms with van der Waals surface area (Å²) in [6.45, 7) is 2.27. The predicted octanol–water partition coefficient (Wildman–Crippen LogP) is 7.35. The van der Waals surface area contributed by atoms with Crippen molar-refractivity contribution < 1.29 is 5.11 Å². The number of hydrogen-bond acceptors (Lipinski definition) is 1. The molecule has 1 aliphatic carbocycles. The van der Waals surface area contributed by atoms with Crippen LogP contribution in [0.1, 0.15) is 75.0 Å². The van der Waals surface area contributed by atoms with E-state index in [4.69, 9.17) is 0 Å². The highest BCUT2D eigenvalue weighted by atomic mass is 16.3. The Bertz CT molecular complexity index is 760. The SMILES string of the molecule is CCCCCCCCCCc1ccc(C(O)(c2ccccc2)C2C=CC=C2)cc1. The van der Waals surface area contributed by atoms with Crippen LogP contribution in [0.25, 0.3) is 0 Å². The smallest absolute Gasteiger partial charge is 0.124 e. The van der Waals surface area contributed by atoms with Crippen molar-refractivity contribution in [3.05, 3.63) is 95.6 Å². The molecule has 0 radical (unpaired) electrons. The Hall–Kier alpha value is -2.12. The van der Waals surface area contributed by atoms with E-state index in [1.54, 1.807) is 0 Å². The van der Waals surface area contributed by atoms with E-state index in [-0.39, 0.29) is 5.92 Å². The van der Waals surface area contributed by atoms with E-state index in [0.717, 1.165) is 17.5 Å². The molecule has 2 aromatic rings. The van der Waals surface area contributed by atoms with Gasteiger partial charge in [-0.1, -0.05) is 131 Å². The summed E-state index contributed by atoms with van der Waals surface area (Å²) in [5.74, 6) is -0.0385. The lowest BCUT2D eigenvalue weighted by Crippen LogP contribution is -2.34. The third kappa shape index (κ3) is 5.70. The van der Waals surface area contributed by atoms with Crippen molar-refractivity contribution in [3.63, 3.8) is 0 Å². The van der Waals surface area contributed by atoms with Crippen LogP contribution in [0.2, 0.25) is 0 Å². The molecule has 0 bridgehead atoms. The first kappa shape index (κ1) is 21.6. The highest BCUT2D eigenvalue weighted by molar-refractivity contribution is 5.42. The van der Waals surface area contributed by atoms with Gasteiger partial charge in [0.2, 0.25) is 0 Å². The van der Waals surface area contributed by atoms with Gasteiger partial charge in [0.05, 0.1) is 0 Å². The zero-order valence-corrected chi connectivity index (χ0v) is 17.9. The van der Waals surface area contributed by atoms with Crippen LogP contribution in [-0.2, 0) is 12.0 Å². The van der Waals surface area contributed by atoms with Crippen molar-refractivity contribution in [2.45, 2.75) is 70.3 Å². The minimum Gasteiger partial charge on any atom is -0.379 e. The van der Waals surface area contributed by atoms with Gasteiger partial charge in [0, 0.05) is 5.92 Å². The molecular weight excluding hydrogens is 352 g/mol. The molecule has 0 aromatic heterocycles. The zero-order chi connectivity index (χ0) is 20.4. The van der Waals surface area contributed by atoms with Gasteiger partial charge in [-0.15, -0.1) is 0 Å². The lowest BCUT2D eigenvalue weighted by molar-refractivity contribution is 0.0548. The van der Waals surface area contributed by atoms with E-state index < -0.39 is 5.60 Å². The minimum absolute atomic E-state index is 0.0385. The summed E-state index contributed by atoms with van der Waals surface area (Å²) in [6.07, 6.45) is 20.1. The Labute approximate surface area is 177 Å². The monoisotopic (exact) mass is 388 g/mol. The van der Waals surface area contributed by atoms with Gasteiger partial charge < -0.3 is 5.11 Å². The normalized spacial score (nSPS) is 15.7. The number of benzene rings is 2. The average molecular weight is 389 g/mol. The van der Waals surface area contributed by atoms with E-state index in [2.05, 4.69) is 43.3 Å². The van der Waals surface area contributed by atoms with Crippen LogP contribution in [0.5, 0.6) is 0 Å². The molecule has 29 heavy (non-hydrogen) atoms. The number of hydrogen-bond donors (Lipinski definition) is 1. The van der Waals surface area contributed by atoms with Gasteiger partial charge in [0.25, 0.3) is 0 Å². The van der Waals surface area contributed by atoms with Crippen molar-refractivity contribution >= 4 is 0 Å². The Balaban J connectivity index is 1.59. The molecule has 0 saturated carbocycles. The van der Waals surface area contributed by atoms with Crippen molar-refractivity contribution in [3.8, 4) is 0 Å². The summed E-state index contributed by atoms with van der Waals surface area (Å²) in [5, 5.41) is 11.8. The molecule has 2 aromatic carbocycles. The molecule has 0 aliphatic heterocycles. The maximum atomic E-state index is 11.8. The first-order valence-electron chi connectivity index (χ1n) is 11.5.